The molecule has 0 saturated heterocycles. The minimum Gasteiger partial charge on any atom is -0.465 e. The topological polar surface area (TPSA) is 94.8 Å². The van der Waals surface area contributed by atoms with E-state index in [-0.39, 0.29) is 12.4 Å². The Morgan fingerprint density at radius 3 is 2.34 bits per heavy atom. The highest BCUT2D eigenvalue weighted by Crippen LogP contribution is 2.19. The summed E-state index contributed by atoms with van der Waals surface area (Å²) in [5.74, 6) is -1.20. The van der Waals surface area contributed by atoms with E-state index in [0.717, 1.165) is 11.1 Å². The number of rotatable bonds is 6. The van der Waals surface area contributed by atoms with Crippen molar-refractivity contribution in [3.05, 3.63) is 88.9 Å². The first-order chi connectivity index (χ1) is 14.0. The molecule has 1 heterocycles. The van der Waals surface area contributed by atoms with Gasteiger partial charge in [0, 0.05) is 5.69 Å². The van der Waals surface area contributed by atoms with Gasteiger partial charge in [0.2, 0.25) is 0 Å². The molecule has 0 aliphatic carbocycles. The highest BCUT2D eigenvalue weighted by Gasteiger charge is 2.14. The zero-order valence-electron chi connectivity index (χ0n) is 15.9. The van der Waals surface area contributed by atoms with Crippen LogP contribution in [-0.2, 0) is 16.1 Å². The van der Waals surface area contributed by atoms with E-state index >= 15 is 0 Å². The molecule has 0 radical (unpaired) electrons. The normalized spacial score (nSPS) is 10.3. The Bertz CT molecular complexity index is 1020. The van der Waals surface area contributed by atoms with Gasteiger partial charge in [-0.3, -0.25) is 4.79 Å². The van der Waals surface area contributed by atoms with Gasteiger partial charge in [0.1, 0.15) is 6.61 Å². The predicted octanol–water partition coefficient (Wildman–Crippen LogP) is 3.98. The third-order valence-electron chi connectivity index (χ3n) is 4.21. The minimum atomic E-state index is -0.532. The number of aryl methyl sites for hydroxylation is 1. The number of amides is 1. The van der Waals surface area contributed by atoms with Gasteiger partial charge in [0.25, 0.3) is 5.91 Å². The maximum atomic E-state index is 12.4. The molecule has 7 nitrogen and oxygen atoms in total. The summed E-state index contributed by atoms with van der Waals surface area (Å²) in [5, 5.41) is 2.72. The van der Waals surface area contributed by atoms with Gasteiger partial charge in [-0.25, -0.2) is 9.59 Å². The van der Waals surface area contributed by atoms with Crippen LogP contribution < -0.4 is 5.32 Å². The molecule has 0 saturated carbocycles. The number of nitrogens with one attached hydrogen (secondary N) is 1. The van der Waals surface area contributed by atoms with Gasteiger partial charge >= 0.3 is 11.9 Å². The van der Waals surface area contributed by atoms with Crippen molar-refractivity contribution < 1.29 is 28.3 Å². The average molecular weight is 393 g/mol. The van der Waals surface area contributed by atoms with Crippen LogP contribution in [-0.4, -0.2) is 25.0 Å². The van der Waals surface area contributed by atoms with E-state index in [2.05, 4.69) is 10.1 Å². The largest absolute Gasteiger partial charge is 0.465 e. The van der Waals surface area contributed by atoms with Gasteiger partial charge < -0.3 is 19.2 Å². The molecule has 0 bridgehead atoms. The molecule has 0 aliphatic rings. The highest BCUT2D eigenvalue weighted by atomic mass is 16.5. The van der Waals surface area contributed by atoms with Gasteiger partial charge in [0.05, 0.1) is 24.5 Å². The summed E-state index contributed by atoms with van der Waals surface area (Å²) in [6, 6.07) is 14.6. The Hall–Kier alpha value is -3.87. The quantitative estimate of drug-likeness (QED) is 0.637. The number of carbonyl (C=O) groups is 3. The van der Waals surface area contributed by atoms with Crippen LogP contribution in [0, 0.1) is 6.92 Å². The Morgan fingerprint density at radius 1 is 0.966 bits per heavy atom. The smallest absolute Gasteiger partial charge is 0.338 e. The Balaban J connectivity index is 1.65. The van der Waals surface area contributed by atoms with Crippen molar-refractivity contribution in [3.63, 3.8) is 0 Å². The van der Waals surface area contributed by atoms with E-state index in [0.29, 0.717) is 16.8 Å². The molecule has 148 valence electrons. The van der Waals surface area contributed by atoms with Crippen molar-refractivity contribution in [1.29, 1.82) is 0 Å². The summed E-state index contributed by atoms with van der Waals surface area (Å²) >= 11 is 0. The Morgan fingerprint density at radius 2 is 1.69 bits per heavy atom. The number of esters is 2. The van der Waals surface area contributed by atoms with E-state index in [1.807, 2.05) is 6.92 Å². The number of hydrogen-bond donors (Lipinski definition) is 1. The van der Waals surface area contributed by atoms with Crippen molar-refractivity contribution in [1.82, 2.24) is 0 Å². The molecule has 3 aromatic rings. The number of hydrogen-bond acceptors (Lipinski definition) is 6. The molecule has 0 spiro atoms. The fourth-order valence-electron chi connectivity index (χ4n) is 2.56. The van der Waals surface area contributed by atoms with Gasteiger partial charge in [-0.1, -0.05) is 18.2 Å². The van der Waals surface area contributed by atoms with Crippen LogP contribution >= 0.6 is 0 Å². The van der Waals surface area contributed by atoms with Gasteiger partial charge in [-0.05, 0) is 54.4 Å². The number of carbonyl (C=O) groups excluding carboxylic acids is 3. The molecule has 29 heavy (non-hydrogen) atoms. The second-order valence-electron chi connectivity index (χ2n) is 6.23. The lowest BCUT2D eigenvalue weighted by molar-refractivity contribution is 0.0471. The summed E-state index contributed by atoms with van der Waals surface area (Å²) < 4.78 is 15.0. The lowest BCUT2D eigenvalue weighted by atomic mass is 10.1. The van der Waals surface area contributed by atoms with E-state index in [1.165, 1.54) is 13.4 Å². The van der Waals surface area contributed by atoms with Crippen LogP contribution in [0.4, 0.5) is 5.69 Å². The van der Waals surface area contributed by atoms with Gasteiger partial charge in [-0.2, -0.15) is 0 Å². The number of ether oxygens (including phenoxy) is 2. The predicted molar refractivity (Wildman–Crippen MR) is 105 cm³/mol. The van der Waals surface area contributed by atoms with Crippen molar-refractivity contribution >= 4 is 23.5 Å². The Labute approximate surface area is 167 Å². The van der Waals surface area contributed by atoms with Crippen molar-refractivity contribution in [2.24, 2.45) is 0 Å². The molecule has 7 heteroatoms. The first kappa shape index (κ1) is 19.9. The molecule has 1 amide bonds. The summed E-state index contributed by atoms with van der Waals surface area (Å²) in [6.07, 6.45) is 1.41. The maximum Gasteiger partial charge on any atom is 0.338 e. The second-order valence-corrected chi connectivity index (χ2v) is 6.23. The molecular weight excluding hydrogens is 374 g/mol. The first-order valence-corrected chi connectivity index (χ1v) is 8.78. The molecule has 0 fully saturated rings. The van der Waals surface area contributed by atoms with E-state index < -0.39 is 17.8 Å². The standard InChI is InChI=1S/C22H19NO6/c1-14-5-8-17(12-18(14)23-20(24)19-4-3-11-28-19)22(26)29-13-15-6-9-16(10-7-15)21(25)27-2/h3-12H,13H2,1-2H3,(H,23,24). The third kappa shape index (κ3) is 4.90. The molecular formula is C22H19NO6. The number of methoxy groups -OCH3 is 1. The van der Waals surface area contributed by atoms with Gasteiger partial charge in [-0.15, -0.1) is 0 Å². The summed E-state index contributed by atoms with van der Waals surface area (Å²) in [7, 11) is 1.31. The van der Waals surface area contributed by atoms with Crippen LogP contribution in [0.3, 0.4) is 0 Å². The molecule has 1 N–H and O–H groups in total. The molecule has 3 rings (SSSR count). The fourth-order valence-corrected chi connectivity index (χ4v) is 2.56. The monoisotopic (exact) mass is 393 g/mol. The lowest BCUT2D eigenvalue weighted by Crippen LogP contribution is -2.13. The molecule has 0 aliphatic heterocycles. The Kier molecular flexibility index (Phi) is 6.09. The zero-order chi connectivity index (χ0) is 20.8. The SMILES string of the molecule is COC(=O)c1ccc(COC(=O)c2ccc(C)c(NC(=O)c3ccco3)c2)cc1. The van der Waals surface area contributed by atoms with Gasteiger partial charge in [0.15, 0.2) is 5.76 Å². The van der Waals surface area contributed by atoms with E-state index in [9.17, 15) is 14.4 Å². The second kappa shape index (κ2) is 8.88. The number of anilines is 1. The molecule has 0 atom stereocenters. The molecule has 2 aromatic carbocycles. The van der Waals surface area contributed by atoms with Crippen molar-refractivity contribution in [2.45, 2.75) is 13.5 Å². The maximum absolute atomic E-state index is 12.4. The molecule has 1 aromatic heterocycles. The first-order valence-electron chi connectivity index (χ1n) is 8.78. The van der Waals surface area contributed by atoms with E-state index in [4.69, 9.17) is 9.15 Å². The fraction of sp³-hybridized carbons (Fsp3) is 0.136. The molecule has 0 unspecified atom stereocenters. The van der Waals surface area contributed by atoms with Crippen molar-refractivity contribution in [3.8, 4) is 0 Å². The summed E-state index contributed by atoms with van der Waals surface area (Å²) in [6.45, 7) is 1.86. The number of furan rings is 1. The van der Waals surface area contributed by atoms with Crippen molar-refractivity contribution in [2.75, 3.05) is 12.4 Å². The van der Waals surface area contributed by atoms with Crippen LogP contribution in [0.25, 0.3) is 0 Å². The third-order valence-corrected chi connectivity index (χ3v) is 4.21. The highest BCUT2D eigenvalue weighted by molar-refractivity contribution is 6.03. The minimum absolute atomic E-state index is 0.0439. The summed E-state index contributed by atoms with van der Waals surface area (Å²) in [4.78, 5) is 36.0. The average Bonchev–Trinajstić information content (AvgIpc) is 3.28. The van der Waals surface area contributed by atoms with Crippen LogP contribution in [0.15, 0.2) is 65.3 Å². The van der Waals surface area contributed by atoms with Crippen LogP contribution in [0.5, 0.6) is 0 Å². The number of benzene rings is 2. The van der Waals surface area contributed by atoms with Crippen LogP contribution in [0.2, 0.25) is 0 Å². The summed E-state index contributed by atoms with van der Waals surface area (Å²) in [5.41, 5.74) is 2.72. The van der Waals surface area contributed by atoms with Crippen LogP contribution in [0.1, 0.15) is 42.4 Å². The van der Waals surface area contributed by atoms with E-state index in [1.54, 1.807) is 54.6 Å². The zero-order valence-corrected chi connectivity index (χ0v) is 15.9. The lowest BCUT2D eigenvalue weighted by Gasteiger charge is -2.10.